The summed E-state index contributed by atoms with van der Waals surface area (Å²) >= 11 is 1.65. The Kier molecular flexibility index (Phi) is 4.25. The van der Waals surface area contributed by atoms with Crippen LogP contribution in [0.1, 0.15) is 25.5 Å². The topological polar surface area (TPSA) is 66.8 Å². The fourth-order valence-electron chi connectivity index (χ4n) is 3.10. The molecule has 3 aromatic rings. The fraction of sp³-hybridized carbons (Fsp3) is 0.412. The third kappa shape index (κ3) is 3.03. The zero-order valence-electron chi connectivity index (χ0n) is 13.6. The lowest BCUT2D eigenvalue weighted by molar-refractivity contribution is 0.522. The average Bonchev–Trinajstić information content (AvgIpc) is 3.12. The summed E-state index contributed by atoms with van der Waals surface area (Å²) in [6, 6.07) is 4.63. The van der Waals surface area contributed by atoms with E-state index in [0.717, 1.165) is 59.9 Å². The summed E-state index contributed by atoms with van der Waals surface area (Å²) < 4.78 is 0. The molecule has 1 aliphatic rings. The van der Waals surface area contributed by atoms with Crippen molar-refractivity contribution in [1.29, 1.82) is 0 Å². The summed E-state index contributed by atoms with van der Waals surface area (Å²) in [5.41, 5.74) is 1.10. The minimum absolute atomic E-state index is 0.437. The van der Waals surface area contributed by atoms with E-state index >= 15 is 0 Å². The van der Waals surface area contributed by atoms with E-state index in [1.165, 1.54) is 0 Å². The molecule has 4 rings (SSSR count). The van der Waals surface area contributed by atoms with E-state index in [2.05, 4.69) is 54.6 Å². The summed E-state index contributed by atoms with van der Waals surface area (Å²) in [6.45, 7) is 4.11. The molecule has 0 atom stereocenters. The third-order valence-corrected chi connectivity index (χ3v) is 5.31. The standard InChI is InChI=1S/C17H20N6S/c1-2-12-9-15(19-10-18-12)23-6-3-13(4-7-23)22-16-14-5-8-24-17(14)21-11-20-16/h5,8-11,13H,2-4,6-7H2,1H3,(H,20,21,22). The Bertz CT molecular complexity index is 825. The van der Waals surface area contributed by atoms with Gasteiger partial charge in [0.1, 0.15) is 29.1 Å². The first-order valence-electron chi connectivity index (χ1n) is 8.34. The molecule has 0 aliphatic carbocycles. The van der Waals surface area contributed by atoms with Gasteiger partial charge in [-0.3, -0.25) is 0 Å². The molecule has 7 heteroatoms. The Morgan fingerprint density at radius 1 is 1.17 bits per heavy atom. The molecule has 3 aromatic heterocycles. The predicted molar refractivity (Wildman–Crippen MR) is 97.7 cm³/mol. The van der Waals surface area contributed by atoms with E-state index in [1.807, 2.05) is 0 Å². The van der Waals surface area contributed by atoms with Crippen molar-refractivity contribution in [3.63, 3.8) is 0 Å². The van der Waals surface area contributed by atoms with Gasteiger partial charge in [-0.15, -0.1) is 11.3 Å². The smallest absolute Gasteiger partial charge is 0.138 e. The van der Waals surface area contributed by atoms with Crippen LogP contribution in [0.3, 0.4) is 0 Å². The Labute approximate surface area is 145 Å². The number of hydrogen-bond acceptors (Lipinski definition) is 7. The number of rotatable bonds is 4. The lowest BCUT2D eigenvalue weighted by Gasteiger charge is -2.33. The van der Waals surface area contributed by atoms with Crippen molar-refractivity contribution < 1.29 is 0 Å². The molecule has 0 unspecified atom stereocenters. The molecular formula is C17H20N6S. The first-order valence-corrected chi connectivity index (χ1v) is 9.22. The van der Waals surface area contributed by atoms with E-state index < -0.39 is 0 Å². The van der Waals surface area contributed by atoms with Crippen molar-refractivity contribution in [2.45, 2.75) is 32.2 Å². The Morgan fingerprint density at radius 2 is 2.00 bits per heavy atom. The molecule has 4 heterocycles. The Balaban J connectivity index is 1.42. The molecule has 0 spiro atoms. The monoisotopic (exact) mass is 340 g/mol. The van der Waals surface area contributed by atoms with Gasteiger partial charge in [-0.25, -0.2) is 19.9 Å². The molecule has 0 amide bonds. The van der Waals surface area contributed by atoms with Crippen molar-refractivity contribution in [3.05, 3.63) is 35.9 Å². The molecule has 1 N–H and O–H groups in total. The van der Waals surface area contributed by atoms with Crippen LogP contribution >= 0.6 is 11.3 Å². The molecule has 24 heavy (non-hydrogen) atoms. The van der Waals surface area contributed by atoms with Gasteiger partial charge in [-0.1, -0.05) is 6.92 Å². The number of hydrogen-bond donors (Lipinski definition) is 1. The molecule has 0 bridgehead atoms. The Hall–Kier alpha value is -2.28. The number of aromatic nitrogens is 4. The molecule has 124 valence electrons. The van der Waals surface area contributed by atoms with Crippen LogP contribution in [0.5, 0.6) is 0 Å². The largest absolute Gasteiger partial charge is 0.367 e. The second-order valence-electron chi connectivity index (χ2n) is 5.99. The summed E-state index contributed by atoms with van der Waals surface area (Å²) in [4.78, 5) is 20.8. The van der Waals surface area contributed by atoms with Gasteiger partial charge in [0.25, 0.3) is 0 Å². The van der Waals surface area contributed by atoms with Crippen molar-refractivity contribution in [2.24, 2.45) is 0 Å². The van der Waals surface area contributed by atoms with E-state index in [-0.39, 0.29) is 0 Å². The molecule has 1 fully saturated rings. The maximum absolute atomic E-state index is 4.43. The van der Waals surface area contributed by atoms with Gasteiger partial charge in [0.2, 0.25) is 0 Å². The quantitative estimate of drug-likeness (QED) is 0.787. The zero-order chi connectivity index (χ0) is 16.4. The van der Waals surface area contributed by atoms with Gasteiger partial charge in [-0.2, -0.15) is 0 Å². The number of thiophene rings is 1. The van der Waals surface area contributed by atoms with Gasteiger partial charge in [-0.05, 0) is 30.7 Å². The van der Waals surface area contributed by atoms with E-state index in [9.17, 15) is 0 Å². The maximum atomic E-state index is 4.43. The van der Waals surface area contributed by atoms with Crippen LogP contribution in [0.25, 0.3) is 10.2 Å². The number of anilines is 2. The first kappa shape index (κ1) is 15.3. The van der Waals surface area contributed by atoms with Crippen LogP contribution in [0, 0.1) is 0 Å². The highest BCUT2D eigenvalue weighted by molar-refractivity contribution is 7.16. The van der Waals surface area contributed by atoms with Crippen LogP contribution in [0.2, 0.25) is 0 Å². The number of nitrogens with one attached hydrogen (secondary N) is 1. The Morgan fingerprint density at radius 3 is 2.83 bits per heavy atom. The highest BCUT2D eigenvalue weighted by Gasteiger charge is 2.21. The van der Waals surface area contributed by atoms with Gasteiger partial charge >= 0.3 is 0 Å². The van der Waals surface area contributed by atoms with Crippen LogP contribution in [0.4, 0.5) is 11.6 Å². The van der Waals surface area contributed by atoms with Crippen molar-refractivity contribution in [3.8, 4) is 0 Å². The van der Waals surface area contributed by atoms with Gasteiger partial charge in [0.05, 0.1) is 5.39 Å². The van der Waals surface area contributed by atoms with E-state index in [0.29, 0.717) is 6.04 Å². The van der Waals surface area contributed by atoms with Crippen molar-refractivity contribution >= 4 is 33.2 Å². The van der Waals surface area contributed by atoms with E-state index in [1.54, 1.807) is 24.0 Å². The molecule has 6 nitrogen and oxygen atoms in total. The van der Waals surface area contributed by atoms with Crippen molar-refractivity contribution in [1.82, 2.24) is 19.9 Å². The van der Waals surface area contributed by atoms with E-state index in [4.69, 9.17) is 0 Å². The predicted octanol–water partition coefficient (Wildman–Crippen LogP) is 3.12. The second kappa shape index (κ2) is 6.68. The molecular weight excluding hydrogens is 320 g/mol. The molecule has 0 saturated carbocycles. The van der Waals surface area contributed by atoms with Crippen LogP contribution < -0.4 is 10.2 Å². The number of nitrogens with zero attached hydrogens (tertiary/aromatic N) is 5. The minimum atomic E-state index is 0.437. The second-order valence-corrected chi connectivity index (χ2v) is 6.88. The normalized spacial score (nSPS) is 15.8. The van der Waals surface area contributed by atoms with Crippen LogP contribution in [0.15, 0.2) is 30.2 Å². The highest BCUT2D eigenvalue weighted by atomic mass is 32.1. The number of fused-ring (bicyclic) bond motifs is 1. The zero-order valence-corrected chi connectivity index (χ0v) is 14.5. The summed E-state index contributed by atoms with van der Waals surface area (Å²) in [6.07, 6.45) is 6.40. The number of piperidine rings is 1. The summed E-state index contributed by atoms with van der Waals surface area (Å²) in [5.74, 6) is 2.00. The van der Waals surface area contributed by atoms with Gasteiger partial charge in [0.15, 0.2) is 0 Å². The lowest BCUT2D eigenvalue weighted by Crippen LogP contribution is -2.39. The van der Waals surface area contributed by atoms with Gasteiger partial charge in [0, 0.05) is 30.9 Å². The fourth-order valence-corrected chi connectivity index (χ4v) is 3.84. The highest BCUT2D eigenvalue weighted by Crippen LogP contribution is 2.26. The van der Waals surface area contributed by atoms with Gasteiger partial charge < -0.3 is 10.2 Å². The first-order chi connectivity index (χ1) is 11.8. The summed E-state index contributed by atoms with van der Waals surface area (Å²) in [5, 5.41) is 6.78. The molecule has 0 radical (unpaired) electrons. The van der Waals surface area contributed by atoms with Crippen LogP contribution in [-0.4, -0.2) is 39.1 Å². The van der Waals surface area contributed by atoms with Crippen molar-refractivity contribution in [2.75, 3.05) is 23.3 Å². The molecule has 1 saturated heterocycles. The average molecular weight is 340 g/mol. The van der Waals surface area contributed by atoms with Crippen LogP contribution in [-0.2, 0) is 6.42 Å². The summed E-state index contributed by atoms with van der Waals surface area (Å²) in [7, 11) is 0. The molecule has 0 aromatic carbocycles. The molecule has 1 aliphatic heterocycles. The minimum Gasteiger partial charge on any atom is -0.367 e. The lowest BCUT2D eigenvalue weighted by atomic mass is 10.0. The maximum Gasteiger partial charge on any atom is 0.138 e. The third-order valence-electron chi connectivity index (χ3n) is 4.49. The SMILES string of the molecule is CCc1cc(N2CCC(Nc3ncnc4sccc34)CC2)ncn1. The number of aryl methyl sites for hydroxylation is 1.